The van der Waals surface area contributed by atoms with Gasteiger partial charge in [-0.1, -0.05) is 13.8 Å². The molecule has 10 nitrogen and oxygen atoms in total. The molecular weight excluding hydrogens is 393 g/mol. The Balaban J connectivity index is 2.50. The number of nitrogens with two attached hydrogens (primary N) is 1. The minimum absolute atomic E-state index is 0.0729. The van der Waals surface area contributed by atoms with Crippen LogP contribution in [-0.4, -0.2) is 90.0 Å². The number of rotatable bonds is 11. The fraction of sp³-hybridized carbons (Fsp3) is 1.00. The molecule has 6 unspecified atom stereocenters. The molecule has 0 radical (unpaired) electrons. The molecule has 0 saturated carbocycles. The Bertz CT molecular complexity index is 498. The molecule has 0 amide bonds. The Labute approximate surface area is 166 Å². The van der Waals surface area contributed by atoms with Gasteiger partial charge in [-0.25, -0.2) is 0 Å². The topological polar surface area (TPSA) is 150 Å². The van der Waals surface area contributed by atoms with E-state index in [1.807, 2.05) is 20.8 Å². The maximum absolute atomic E-state index is 11.7. The van der Waals surface area contributed by atoms with Crippen molar-refractivity contribution in [2.75, 3.05) is 33.0 Å². The molecular formula is C17H36NO9P. The molecule has 6 atom stereocenters. The molecule has 1 aliphatic heterocycles. The molecule has 0 aromatic heterocycles. The van der Waals surface area contributed by atoms with Crippen molar-refractivity contribution in [2.45, 2.75) is 76.5 Å². The van der Waals surface area contributed by atoms with E-state index in [0.29, 0.717) is 6.61 Å². The molecule has 1 heterocycles. The normalized spacial score (nSPS) is 31.1. The zero-order chi connectivity index (χ0) is 21.5. The first-order chi connectivity index (χ1) is 12.9. The van der Waals surface area contributed by atoms with E-state index in [1.54, 1.807) is 13.8 Å². The van der Waals surface area contributed by atoms with E-state index in [2.05, 4.69) is 0 Å². The lowest BCUT2D eigenvalue weighted by molar-refractivity contribution is -0.277. The van der Waals surface area contributed by atoms with Crippen LogP contribution in [0.25, 0.3) is 0 Å². The molecule has 0 bridgehead atoms. The number of hydrogen-bond acceptors (Lipinski definition) is 9. The fourth-order valence-corrected chi connectivity index (χ4v) is 3.09. The van der Waals surface area contributed by atoms with Gasteiger partial charge in [-0.05, 0) is 20.8 Å². The predicted molar refractivity (Wildman–Crippen MR) is 102 cm³/mol. The van der Waals surface area contributed by atoms with E-state index < -0.39 is 50.5 Å². The Morgan fingerprint density at radius 3 is 2.29 bits per heavy atom. The largest absolute Gasteiger partial charge is 0.394 e. The maximum atomic E-state index is 11.7. The average Bonchev–Trinajstić information content (AvgIpc) is 2.59. The first kappa shape index (κ1) is 25.9. The second-order valence-corrected chi connectivity index (χ2v) is 10.4. The van der Waals surface area contributed by atoms with Crippen molar-refractivity contribution < 1.29 is 43.1 Å². The Kier molecular flexibility index (Phi) is 10.5. The zero-order valence-electron chi connectivity index (χ0n) is 17.3. The van der Waals surface area contributed by atoms with E-state index in [1.165, 1.54) is 0 Å². The second kappa shape index (κ2) is 11.3. The van der Waals surface area contributed by atoms with Gasteiger partial charge in [0.05, 0.1) is 50.3 Å². The van der Waals surface area contributed by atoms with Crippen LogP contribution in [0, 0.1) is 0 Å². The SMILES string of the molecule is CC(C)P(=O)(O)OCCOC1C(CO)OC(OCCOC(C)(C)C)C(N)C1O. The lowest BCUT2D eigenvalue weighted by Gasteiger charge is -2.42. The molecule has 0 aliphatic carbocycles. The van der Waals surface area contributed by atoms with Gasteiger partial charge in [0, 0.05) is 0 Å². The van der Waals surface area contributed by atoms with Crippen molar-refractivity contribution >= 4 is 7.60 Å². The smallest absolute Gasteiger partial charge is 0.330 e. The minimum Gasteiger partial charge on any atom is -0.394 e. The van der Waals surface area contributed by atoms with Gasteiger partial charge in [0.1, 0.15) is 18.3 Å². The van der Waals surface area contributed by atoms with Crippen molar-refractivity contribution in [3.63, 3.8) is 0 Å². The summed E-state index contributed by atoms with van der Waals surface area (Å²) in [4.78, 5) is 9.63. The van der Waals surface area contributed by atoms with Crippen LogP contribution in [0.4, 0.5) is 0 Å². The summed E-state index contributed by atoms with van der Waals surface area (Å²) in [7, 11) is -3.70. The lowest BCUT2D eigenvalue weighted by atomic mass is 9.97. The average molecular weight is 429 g/mol. The zero-order valence-corrected chi connectivity index (χ0v) is 18.2. The summed E-state index contributed by atoms with van der Waals surface area (Å²) in [5.74, 6) is 0. The van der Waals surface area contributed by atoms with Gasteiger partial charge in [0.15, 0.2) is 6.29 Å². The van der Waals surface area contributed by atoms with Crippen LogP contribution in [0.15, 0.2) is 0 Å². The first-order valence-corrected chi connectivity index (χ1v) is 11.1. The van der Waals surface area contributed by atoms with Gasteiger partial charge in [-0.15, -0.1) is 0 Å². The lowest BCUT2D eigenvalue weighted by Crippen LogP contribution is -2.63. The minimum atomic E-state index is -3.70. The molecule has 168 valence electrons. The van der Waals surface area contributed by atoms with E-state index in [4.69, 9.17) is 29.2 Å². The van der Waals surface area contributed by atoms with Gasteiger partial charge in [-0.3, -0.25) is 4.57 Å². The van der Waals surface area contributed by atoms with Crippen LogP contribution in [0.3, 0.4) is 0 Å². The van der Waals surface area contributed by atoms with Gasteiger partial charge in [0.2, 0.25) is 0 Å². The Hall–Kier alpha value is -0.130. The van der Waals surface area contributed by atoms with Crippen LogP contribution in [0.1, 0.15) is 34.6 Å². The van der Waals surface area contributed by atoms with Crippen molar-refractivity contribution in [3.05, 3.63) is 0 Å². The number of ether oxygens (including phenoxy) is 4. The van der Waals surface area contributed by atoms with Crippen LogP contribution < -0.4 is 5.73 Å². The molecule has 28 heavy (non-hydrogen) atoms. The monoisotopic (exact) mass is 429 g/mol. The highest BCUT2D eigenvalue weighted by atomic mass is 31.2. The molecule has 1 fully saturated rings. The summed E-state index contributed by atoms with van der Waals surface area (Å²) in [5, 5.41) is 20.0. The second-order valence-electron chi connectivity index (χ2n) is 7.95. The van der Waals surface area contributed by atoms with E-state index in [9.17, 15) is 19.7 Å². The molecule has 0 aromatic rings. The maximum Gasteiger partial charge on any atom is 0.330 e. The van der Waals surface area contributed by atoms with Crippen molar-refractivity contribution in [3.8, 4) is 0 Å². The molecule has 1 aliphatic rings. The standard InChI is InChI=1S/C17H36NO9P/c1-11(2)28(21,22)26-9-7-23-15-12(10-19)27-16(13(18)14(15)20)24-6-8-25-17(3,4)5/h11-16,19-20H,6-10,18H2,1-5H3,(H,21,22). The van der Waals surface area contributed by atoms with E-state index in [-0.39, 0.29) is 25.4 Å². The number of aliphatic hydroxyl groups is 2. The van der Waals surface area contributed by atoms with Gasteiger partial charge >= 0.3 is 7.60 Å². The van der Waals surface area contributed by atoms with Crippen LogP contribution in [0.2, 0.25) is 0 Å². The van der Waals surface area contributed by atoms with E-state index >= 15 is 0 Å². The summed E-state index contributed by atoms with van der Waals surface area (Å²) in [5.41, 5.74) is 5.16. The fourth-order valence-electron chi connectivity index (χ4n) is 2.46. The molecule has 5 N–H and O–H groups in total. The van der Waals surface area contributed by atoms with Gasteiger partial charge in [-0.2, -0.15) is 0 Å². The number of aliphatic hydroxyl groups excluding tert-OH is 2. The third-order valence-corrected chi connectivity index (χ3v) is 5.98. The quantitative estimate of drug-likeness (QED) is 0.265. The third kappa shape index (κ3) is 8.31. The van der Waals surface area contributed by atoms with Gasteiger partial charge < -0.3 is 44.3 Å². The number of hydrogen-bond donors (Lipinski definition) is 4. The molecule has 11 heteroatoms. The highest BCUT2D eigenvalue weighted by Gasteiger charge is 2.44. The molecule has 1 saturated heterocycles. The third-order valence-electron chi connectivity index (χ3n) is 4.12. The molecule has 0 spiro atoms. The van der Waals surface area contributed by atoms with Crippen LogP contribution in [-0.2, 0) is 28.0 Å². The van der Waals surface area contributed by atoms with Crippen LogP contribution >= 0.6 is 7.60 Å². The van der Waals surface area contributed by atoms with Crippen molar-refractivity contribution in [2.24, 2.45) is 5.73 Å². The highest BCUT2D eigenvalue weighted by Crippen LogP contribution is 2.46. The Morgan fingerprint density at radius 2 is 1.75 bits per heavy atom. The molecule has 1 rings (SSSR count). The summed E-state index contributed by atoms with van der Waals surface area (Å²) in [6, 6.07) is -0.900. The van der Waals surface area contributed by atoms with Crippen LogP contribution in [0.5, 0.6) is 0 Å². The molecule has 0 aromatic carbocycles. The Morgan fingerprint density at radius 1 is 1.14 bits per heavy atom. The summed E-state index contributed by atoms with van der Waals surface area (Å²) in [6.07, 6.45) is -3.88. The summed E-state index contributed by atoms with van der Waals surface area (Å²) in [6.45, 7) is 8.81. The predicted octanol–water partition coefficient (Wildman–Crippen LogP) is 0.219. The van der Waals surface area contributed by atoms with Crippen molar-refractivity contribution in [1.29, 1.82) is 0 Å². The van der Waals surface area contributed by atoms with E-state index in [0.717, 1.165) is 0 Å². The summed E-state index contributed by atoms with van der Waals surface area (Å²) >= 11 is 0. The first-order valence-electron chi connectivity index (χ1n) is 9.43. The van der Waals surface area contributed by atoms with Crippen molar-refractivity contribution in [1.82, 2.24) is 0 Å². The van der Waals surface area contributed by atoms with Gasteiger partial charge in [0.25, 0.3) is 0 Å². The highest BCUT2D eigenvalue weighted by molar-refractivity contribution is 7.53. The summed E-state index contributed by atoms with van der Waals surface area (Å²) < 4.78 is 38.9.